The third kappa shape index (κ3) is 3.12. The minimum atomic E-state index is -1.06. The van der Waals surface area contributed by atoms with Crippen molar-refractivity contribution in [2.75, 3.05) is 0 Å². The van der Waals surface area contributed by atoms with E-state index >= 15 is 0 Å². The predicted octanol–water partition coefficient (Wildman–Crippen LogP) is 2.90. The van der Waals surface area contributed by atoms with Crippen LogP contribution in [0.15, 0.2) is 17.5 Å². The highest BCUT2D eigenvalue weighted by atomic mass is 32.1. The van der Waals surface area contributed by atoms with Gasteiger partial charge in [-0.05, 0) is 37.1 Å². The van der Waals surface area contributed by atoms with E-state index in [1.165, 1.54) is 0 Å². The normalized spacial score (nSPS) is 17.9. The topological polar surface area (TPSA) is 78.4 Å². The zero-order valence-electron chi connectivity index (χ0n) is 11.5. The first-order valence-corrected chi connectivity index (χ1v) is 7.81. The first-order valence-electron chi connectivity index (χ1n) is 6.93. The number of carboxylic acids is 1. The molecule has 0 bridgehead atoms. The Labute approximate surface area is 122 Å². The van der Waals surface area contributed by atoms with Crippen LogP contribution in [0.1, 0.15) is 49.9 Å². The molecule has 0 saturated heterocycles. The standard InChI is InChI=1S/C14H20N2O3S/c1-2-5-10(11-6-3-9-20-11)15-13(19)16-14(12(17)18)7-4-8-14/h3,6,9-10H,2,4-5,7-8H2,1H3,(H,17,18)(H2,15,16,19). The van der Waals surface area contributed by atoms with Crippen LogP contribution in [-0.4, -0.2) is 22.6 Å². The van der Waals surface area contributed by atoms with E-state index in [1.54, 1.807) is 11.3 Å². The molecule has 2 amide bonds. The van der Waals surface area contributed by atoms with Gasteiger partial charge in [-0.15, -0.1) is 11.3 Å². The van der Waals surface area contributed by atoms with Crippen LogP contribution in [0.2, 0.25) is 0 Å². The van der Waals surface area contributed by atoms with Gasteiger partial charge in [0, 0.05) is 4.88 Å². The first kappa shape index (κ1) is 14.8. The van der Waals surface area contributed by atoms with E-state index in [-0.39, 0.29) is 12.1 Å². The average molecular weight is 296 g/mol. The van der Waals surface area contributed by atoms with Crippen LogP contribution in [0.3, 0.4) is 0 Å². The van der Waals surface area contributed by atoms with Gasteiger partial charge in [-0.1, -0.05) is 19.4 Å². The molecule has 1 saturated carbocycles. The number of urea groups is 1. The SMILES string of the molecule is CCCC(NC(=O)NC1(C(=O)O)CCC1)c1cccs1. The molecule has 0 spiro atoms. The summed E-state index contributed by atoms with van der Waals surface area (Å²) in [5.41, 5.74) is -1.06. The van der Waals surface area contributed by atoms with Crippen LogP contribution >= 0.6 is 11.3 Å². The lowest BCUT2D eigenvalue weighted by atomic mass is 9.77. The van der Waals surface area contributed by atoms with Gasteiger partial charge in [-0.3, -0.25) is 0 Å². The molecule has 1 fully saturated rings. The summed E-state index contributed by atoms with van der Waals surface area (Å²) in [5.74, 6) is -0.943. The second kappa shape index (κ2) is 6.26. The summed E-state index contributed by atoms with van der Waals surface area (Å²) < 4.78 is 0. The molecule has 0 aromatic carbocycles. The van der Waals surface area contributed by atoms with Crippen molar-refractivity contribution >= 4 is 23.3 Å². The molecule has 1 heterocycles. The molecule has 1 aromatic heterocycles. The van der Waals surface area contributed by atoms with Crippen LogP contribution in [0.4, 0.5) is 4.79 Å². The monoisotopic (exact) mass is 296 g/mol. The summed E-state index contributed by atoms with van der Waals surface area (Å²) in [5, 5.41) is 16.7. The number of carbonyl (C=O) groups is 2. The molecule has 1 aliphatic rings. The molecule has 6 heteroatoms. The summed E-state index contributed by atoms with van der Waals surface area (Å²) in [6, 6.07) is 3.50. The third-order valence-electron chi connectivity index (χ3n) is 3.74. The Morgan fingerprint density at radius 1 is 1.50 bits per heavy atom. The van der Waals surface area contributed by atoms with E-state index < -0.39 is 11.5 Å². The molecule has 1 atom stereocenters. The maximum Gasteiger partial charge on any atom is 0.329 e. The summed E-state index contributed by atoms with van der Waals surface area (Å²) in [6.07, 6.45) is 3.65. The summed E-state index contributed by atoms with van der Waals surface area (Å²) in [7, 11) is 0. The minimum Gasteiger partial charge on any atom is -0.480 e. The lowest BCUT2D eigenvalue weighted by Gasteiger charge is -2.38. The van der Waals surface area contributed by atoms with E-state index in [0.29, 0.717) is 12.8 Å². The molecule has 2 rings (SSSR count). The fraction of sp³-hybridized carbons (Fsp3) is 0.571. The predicted molar refractivity (Wildman–Crippen MR) is 77.9 cm³/mol. The van der Waals surface area contributed by atoms with Crippen LogP contribution in [0.5, 0.6) is 0 Å². The molecular weight excluding hydrogens is 276 g/mol. The van der Waals surface area contributed by atoms with Crippen LogP contribution < -0.4 is 10.6 Å². The number of carboxylic acid groups (broad SMARTS) is 1. The molecule has 5 nitrogen and oxygen atoms in total. The number of aliphatic carboxylic acids is 1. The van der Waals surface area contributed by atoms with Crippen molar-refractivity contribution in [2.45, 2.75) is 50.6 Å². The lowest BCUT2D eigenvalue weighted by Crippen LogP contribution is -2.61. The Balaban J connectivity index is 1.97. The lowest BCUT2D eigenvalue weighted by molar-refractivity contribution is -0.148. The number of rotatable bonds is 6. The summed E-state index contributed by atoms with van der Waals surface area (Å²) in [6.45, 7) is 2.06. The third-order valence-corrected chi connectivity index (χ3v) is 4.72. The van der Waals surface area contributed by atoms with Gasteiger partial charge >= 0.3 is 12.0 Å². The molecule has 20 heavy (non-hydrogen) atoms. The Hall–Kier alpha value is -1.56. The average Bonchev–Trinajstić information content (AvgIpc) is 2.86. The van der Waals surface area contributed by atoms with E-state index in [4.69, 9.17) is 0 Å². The van der Waals surface area contributed by atoms with Gasteiger partial charge in [0.05, 0.1) is 6.04 Å². The van der Waals surface area contributed by atoms with Crippen molar-refractivity contribution in [3.63, 3.8) is 0 Å². The fourth-order valence-electron chi connectivity index (χ4n) is 2.40. The van der Waals surface area contributed by atoms with Gasteiger partial charge in [0.2, 0.25) is 0 Å². The second-order valence-corrected chi connectivity index (χ2v) is 6.18. The molecule has 3 N–H and O–H groups in total. The molecule has 110 valence electrons. The number of amides is 2. The van der Waals surface area contributed by atoms with Crippen LogP contribution in [0.25, 0.3) is 0 Å². The maximum absolute atomic E-state index is 12.1. The smallest absolute Gasteiger partial charge is 0.329 e. The van der Waals surface area contributed by atoms with Gasteiger partial charge in [0.25, 0.3) is 0 Å². The number of hydrogen-bond acceptors (Lipinski definition) is 3. The molecule has 0 radical (unpaired) electrons. The summed E-state index contributed by atoms with van der Waals surface area (Å²) in [4.78, 5) is 24.4. The Morgan fingerprint density at radius 3 is 2.70 bits per heavy atom. The Morgan fingerprint density at radius 2 is 2.25 bits per heavy atom. The molecule has 1 aromatic rings. The molecular formula is C14H20N2O3S. The van der Waals surface area contributed by atoms with Gasteiger partial charge in [-0.2, -0.15) is 0 Å². The van der Waals surface area contributed by atoms with Crippen LogP contribution in [-0.2, 0) is 4.79 Å². The number of nitrogens with one attached hydrogen (secondary N) is 2. The fourth-order valence-corrected chi connectivity index (χ4v) is 3.21. The largest absolute Gasteiger partial charge is 0.480 e. The highest BCUT2D eigenvalue weighted by molar-refractivity contribution is 7.10. The molecule has 1 aliphatic carbocycles. The number of hydrogen-bond donors (Lipinski definition) is 3. The number of carbonyl (C=O) groups excluding carboxylic acids is 1. The maximum atomic E-state index is 12.1. The Bertz CT molecular complexity index is 469. The van der Waals surface area contributed by atoms with Gasteiger partial charge in [0.15, 0.2) is 0 Å². The van der Waals surface area contributed by atoms with E-state index in [1.807, 2.05) is 17.5 Å². The highest BCUT2D eigenvalue weighted by Crippen LogP contribution is 2.32. The zero-order chi connectivity index (χ0) is 14.6. The van der Waals surface area contributed by atoms with Crippen molar-refractivity contribution in [2.24, 2.45) is 0 Å². The van der Waals surface area contributed by atoms with Crippen molar-refractivity contribution in [3.05, 3.63) is 22.4 Å². The molecule has 1 unspecified atom stereocenters. The minimum absolute atomic E-state index is 0.0501. The first-order chi connectivity index (χ1) is 9.57. The van der Waals surface area contributed by atoms with Crippen LogP contribution in [0, 0.1) is 0 Å². The highest BCUT2D eigenvalue weighted by Gasteiger charge is 2.45. The second-order valence-electron chi connectivity index (χ2n) is 5.20. The van der Waals surface area contributed by atoms with Crippen molar-refractivity contribution in [1.82, 2.24) is 10.6 Å². The zero-order valence-corrected chi connectivity index (χ0v) is 12.3. The van der Waals surface area contributed by atoms with Gasteiger partial charge in [-0.25, -0.2) is 9.59 Å². The number of thiophene rings is 1. The van der Waals surface area contributed by atoms with E-state index in [9.17, 15) is 14.7 Å². The molecule has 0 aliphatic heterocycles. The van der Waals surface area contributed by atoms with E-state index in [2.05, 4.69) is 17.6 Å². The van der Waals surface area contributed by atoms with Crippen molar-refractivity contribution < 1.29 is 14.7 Å². The van der Waals surface area contributed by atoms with Gasteiger partial charge in [0.1, 0.15) is 5.54 Å². The van der Waals surface area contributed by atoms with Crippen molar-refractivity contribution in [1.29, 1.82) is 0 Å². The summed E-state index contributed by atoms with van der Waals surface area (Å²) >= 11 is 1.60. The quantitative estimate of drug-likeness (QED) is 0.755. The Kier molecular flexibility index (Phi) is 4.65. The van der Waals surface area contributed by atoms with E-state index in [0.717, 1.165) is 24.1 Å². The van der Waals surface area contributed by atoms with Gasteiger partial charge < -0.3 is 15.7 Å². The van der Waals surface area contributed by atoms with Crippen molar-refractivity contribution in [3.8, 4) is 0 Å².